The largest absolute Gasteiger partial charge is 0.493 e. The van der Waals surface area contributed by atoms with Gasteiger partial charge in [-0.3, -0.25) is 63.3 Å². The molecule has 16 rings (SSSR count). The summed E-state index contributed by atoms with van der Waals surface area (Å²) in [5.41, 5.74) is 13.2. The minimum Gasteiger partial charge on any atom is -0.493 e. The maximum absolute atomic E-state index is 15.6. The van der Waals surface area contributed by atoms with Crippen molar-refractivity contribution < 1.29 is 76.3 Å². The van der Waals surface area contributed by atoms with Crippen LogP contribution in [-0.2, 0) is 53.7 Å². The second-order valence-corrected chi connectivity index (χ2v) is 29.1. The number of para-hydroxylation sites is 4. The lowest BCUT2D eigenvalue weighted by Gasteiger charge is -2.31. The van der Waals surface area contributed by atoms with E-state index in [0.29, 0.717) is 103 Å². The molecular weight excluding hydrogens is 1500 g/mol. The highest BCUT2D eigenvalue weighted by Crippen LogP contribution is 2.56. The van der Waals surface area contributed by atoms with Crippen molar-refractivity contribution in [3.8, 4) is 46.0 Å². The van der Waals surface area contributed by atoms with Crippen molar-refractivity contribution in [2.24, 2.45) is 20.0 Å². The Labute approximate surface area is 679 Å². The SMILES string of the molecule is COc1cc(C)c(N=C[C@@H]2C(C3c4ccccc4N4C(=O)c5cc(OC)c(OCc6cc(COc7cc8c(cc7OC)C(=O)N7c9ccccc9C[C@H]7C=N8)cc(C(=O)NCC(=O)NCC=O)c6)cc5N=CC34)c3ccccc3N2C=O)cc1OCc1cc(C=O)cc(COc2cc(N=CC3Cc4ccccc4N3C)c(C=O)cc2OC)c1. The van der Waals surface area contributed by atoms with E-state index in [9.17, 15) is 33.6 Å². The number of aldehydes is 3. The zero-order valence-electron chi connectivity index (χ0n) is 65.2. The van der Waals surface area contributed by atoms with E-state index in [1.165, 1.54) is 34.0 Å². The number of methoxy groups -OCH3 is 4. The van der Waals surface area contributed by atoms with Gasteiger partial charge in [0.15, 0.2) is 52.3 Å². The van der Waals surface area contributed by atoms with Crippen molar-refractivity contribution in [2.45, 2.75) is 82.2 Å². The van der Waals surface area contributed by atoms with Gasteiger partial charge < -0.3 is 63.1 Å². The Balaban J connectivity index is 0.649. The molecule has 4 unspecified atom stereocenters. The minimum absolute atomic E-state index is 0.00489. The lowest BCUT2D eigenvalue weighted by molar-refractivity contribution is -0.121. The van der Waals surface area contributed by atoms with Crippen molar-refractivity contribution >= 4 is 119 Å². The van der Waals surface area contributed by atoms with Crippen LogP contribution in [0.2, 0.25) is 0 Å². The summed E-state index contributed by atoms with van der Waals surface area (Å²) in [4.78, 5) is 133. The Kier molecular flexibility index (Phi) is 22.0. The van der Waals surface area contributed by atoms with Crippen molar-refractivity contribution in [3.05, 3.63) is 260 Å². The van der Waals surface area contributed by atoms with Crippen LogP contribution in [0.1, 0.15) is 114 Å². The molecule has 6 aliphatic heterocycles. The summed E-state index contributed by atoms with van der Waals surface area (Å²) in [6, 6.07) is 53.1. The summed E-state index contributed by atoms with van der Waals surface area (Å²) in [7, 11) is 7.97. The predicted molar refractivity (Wildman–Crippen MR) is 446 cm³/mol. The number of fused-ring (bicyclic) bond motifs is 10. The number of hydrogen-bond donors (Lipinski definition) is 2. The number of carbonyl (C=O) groups is 8. The molecule has 5 amide bonds. The van der Waals surface area contributed by atoms with Gasteiger partial charge in [0.25, 0.3) is 17.7 Å². The maximum atomic E-state index is 15.6. The number of benzene rings is 10. The van der Waals surface area contributed by atoms with Gasteiger partial charge in [0.05, 0.1) is 99.6 Å². The van der Waals surface area contributed by atoms with E-state index in [1.807, 2.05) is 117 Å². The molecule has 0 saturated carbocycles. The molecule has 0 bridgehead atoms. The first-order valence-corrected chi connectivity index (χ1v) is 38.2. The van der Waals surface area contributed by atoms with Gasteiger partial charge in [0.1, 0.15) is 39.0 Å². The highest BCUT2D eigenvalue weighted by Gasteiger charge is 2.52. The van der Waals surface area contributed by atoms with E-state index in [-0.39, 0.29) is 96.7 Å². The standard InChI is InChI=1S/C92H80N10O16/c1-53-25-79(111-3)83(115-48-55-26-54(46-104)27-56(28-55)49-116-84-38-70(62(47-105)34-80(84)112-4)94-41-63-32-59-15-7-11-19-73(59)99(63)2)37-69(53)96-43-77-88(65-17-9-13-21-75(65)100(77)52-106)89-66-18-10-14-22-76(66)102-78(89)44-97-72-40-86(82(114-6)36-68(72)92(102)110)118-51-58-29-57(30-61(31-58)90(108)98-45-87(107)93-23-24-103)50-117-85-39-71-67(35-81(85)113-5)91(109)101-64(42-95-71)33-60-16-8-12-20-74(60)101/h7-22,24-31,34-44,46-47,52,63-64,77-78,88-89H,23,32-33,45,48-51H2,1-6H3,(H,93,107)(H,98,108)/t63?,64-,77+,78?,88?,89?/m0/s1. The zero-order chi connectivity index (χ0) is 81.8. The van der Waals surface area contributed by atoms with Crippen molar-refractivity contribution in [3.63, 3.8) is 0 Å². The molecular formula is C92H80N10O16. The fraction of sp³-hybridized carbons (Fsp3) is 0.217. The van der Waals surface area contributed by atoms with E-state index in [4.69, 9.17) is 57.9 Å². The highest BCUT2D eigenvalue weighted by molar-refractivity contribution is 6.16. The van der Waals surface area contributed by atoms with Crippen LogP contribution in [0.25, 0.3) is 0 Å². The van der Waals surface area contributed by atoms with Crippen LogP contribution in [0.15, 0.2) is 202 Å². The van der Waals surface area contributed by atoms with E-state index in [2.05, 4.69) is 27.7 Å². The molecule has 0 aromatic heterocycles. The Morgan fingerprint density at radius 2 is 1.03 bits per heavy atom. The predicted octanol–water partition coefficient (Wildman–Crippen LogP) is 13.4. The van der Waals surface area contributed by atoms with Gasteiger partial charge in [-0.1, -0.05) is 72.8 Å². The van der Waals surface area contributed by atoms with Crippen LogP contribution in [0.3, 0.4) is 0 Å². The number of rotatable bonds is 29. The van der Waals surface area contributed by atoms with Gasteiger partial charge in [0, 0.05) is 114 Å². The van der Waals surface area contributed by atoms with Gasteiger partial charge in [0.2, 0.25) is 12.3 Å². The fourth-order valence-corrected chi connectivity index (χ4v) is 16.5. The number of hydrogen-bond acceptors (Lipinski definition) is 21. The van der Waals surface area contributed by atoms with Crippen LogP contribution in [0, 0.1) is 6.92 Å². The zero-order valence-corrected chi connectivity index (χ0v) is 65.2. The molecule has 6 atom stereocenters. The van der Waals surface area contributed by atoms with E-state index in [0.717, 1.165) is 59.0 Å². The van der Waals surface area contributed by atoms with Crippen LogP contribution < -0.4 is 68.1 Å². The number of carbonyl (C=O) groups excluding carboxylic acids is 8. The maximum Gasteiger partial charge on any atom is 0.261 e. The lowest BCUT2D eigenvalue weighted by Crippen LogP contribution is -2.44. The number of amides is 5. The van der Waals surface area contributed by atoms with Crippen molar-refractivity contribution in [1.82, 2.24) is 10.6 Å². The number of anilines is 4. The number of nitrogens with zero attached hydrogens (tertiary/aromatic N) is 8. The third-order valence-corrected chi connectivity index (χ3v) is 22.1. The molecule has 6 aliphatic rings. The average molecular weight is 1580 g/mol. The first-order chi connectivity index (χ1) is 57.6. The first-order valence-electron chi connectivity index (χ1n) is 38.2. The molecule has 26 heteroatoms. The summed E-state index contributed by atoms with van der Waals surface area (Å²) in [5, 5.41) is 5.04. The normalized spacial score (nSPS) is 17.6. The molecule has 0 spiro atoms. The third-order valence-electron chi connectivity index (χ3n) is 22.1. The van der Waals surface area contributed by atoms with Crippen molar-refractivity contribution in [2.75, 3.05) is 68.2 Å². The Morgan fingerprint density at radius 1 is 0.508 bits per heavy atom. The van der Waals surface area contributed by atoms with Crippen LogP contribution in [0.5, 0.6) is 46.0 Å². The number of aliphatic imine (C=N–C) groups is 4. The topological polar surface area (TPSA) is 297 Å². The molecule has 594 valence electrons. The van der Waals surface area contributed by atoms with Crippen molar-refractivity contribution in [1.29, 1.82) is 0 Å². The monoisotopic (exact) mass is 1580 g/mol. The fourth-order valence-electron chi connectivity index (χ4n) is 16.5. The molecule has 118 heavy (non-hydrogen) atoms. The third kappa shape index (κ3) is 15.1. The van der Waals surface area contributed by atoms with E-state index < -0.39 is 42.3 Å². The minimum atomic E-state index is -0.723. The quantitative estimate of drug-likeness (QED) is 0.0325. The number of nitrogens with one attached hydrogen (secondary N) is 2. The van der Waals surface area contributed by atoms with Gasteiger partial charge >= 0.3 is 0 Å². The molecule has 2 N–H and O–H groups in total. The molecule has 0 radical (unpaired) electrons. The van der Waals surface area contributed by atoms with Gasteiger partial charge in [-0.15, -0.1) is 0 Å². The second-order valence-electron chi connectivity index (χ2n) is 29.1. The number of aryl methyl sites for hydroxylation is 1. The molecule has 10 aromatic rings. The summed E-state index contributed by atoms with van der Waals surface area (Å²) >= 11 is 0. The van der Waals surface area contributed by atoms with Gasteiger partial charge in [-0.05, 0) is 148 Å². The lowest BCUT2D eigenvalue weighted by atomic mass is 9.76. The average Bonchev–Trinajstić information content (AvgIpc) is 1.56. The summed E-state index contributed by atoms with van der Waals surface area (Å²) in [6.07, 6.45) is 11.3. The summed E-state index contributed by atoms with van der Waals surface area (Å²) in [6.45, 7) is 0.968. The second kappa shape index (κ2) is 33.5. The molecule has 0 aliphatic carbocycles. The molecule has 6 heterocycles. The number of ether oxygens (including phenoxy) is 8. The Bertz CT molecular complexity index is 5840. The molecule has 10 aromatic carbocycles. The van der Waals surface area contributed by atoms with Crippen LogP contribution >= 0.6 is 0 Å². The highest BCUT2D eigenvalue weighted by atomic mass is 16.5. The first kappa shape index (κ1) is 77.4. The molecule has 0 saturated heterocycles. The smallest absolute Gasteiger partial charge is 0.261 e. The summed E-state index contributed by atoms with van der Waals surface area (Å²) in [5.74, 6) is -0.428. The van der Waals surface area contributed by atoms with E-state index >= 15 is 4.79 Å². The van der Waals surface area contributed by atoms with Crippen LogP contribution in [-0.4, -0.2) is 146 Å². The van der Waals surface area contributed by atoms with E-state index in [1.54, 1.807) is 106 Å². The molecule has 0 fully saturated rings. The number of likely N-dealkylation sites (N-methyl/N-ethyl adjacent to an activating group) is 1. The summed E-state index contributed by atoms with van der Waals surface area (Å²) < 4.78 is 49.3. The molecule has 26 nitrogen and oxygen atoms in total. The Morgan fingerprint density at radius 3 is 1.62 bits per heavy atom. The Hall–Kier alpha value is -14.6. The van der Waals surface area contributed by atoms with Gasteiger partial charge in [-0.25, -0.2) is 0 Å². The van der Waals surface area contributed by atoms with Crippen LogP contribution in [0.4, 0.5) is 45.5 Å². The van der Waals surface area contributed by atoms with Gasteiger partial charge in [-0.2, -0.15) is 0 Å².